The highest BCUT2D eigenvalue weighted by molar-refractivity contribution is 7.86. The fourth-order valence-corrected chi connectivity index (χ4v) is 4.75. The zero-order valence-corrected chi connectivity index (χ0v) is 19.1. The summed E-state index contributed by atoms with van der Waals surface area (Å²) < 4.78 is 36.4. The molecule has 0 aliphatic carbocycles. The molecule has 0 N–H and O–H groups in total. The summed E-state index contributed by atoms with van der Waals surface area (Å²) >= 11 is 0. The minimum atomic E-state index is -1.18. The summed E-state index contributed by atoms with van der Waals surface area (Å²) in [6.07, 6.45) is 0. The molecule has 0 bridgehead atoms. The van der Waals surface area contributed by atoms with Gasteiger partial charge in [0.15, 0.2) is 0 Å². The van der Waals surface area contributed by atoms with Crippen LogP contribution in [0.5, 0.6) is 11.5 Å². The molecule has 2 atom stereocenters. The second-order valence-corrected chi connectivity index (χ2v) is 12.8. The molecule has 0 saturated heterocycles. The highest BCUT2D eigenvalue weighted by Gasteiger charge is 2.25. The molecule has 0 heterocycles. The van der Waals surface area contributed by atoms with E-state index in [1.807, 2.05) is 90.1 Å². The van der Waals surface area contributed by atoms with Crippen molar-refractivity contribution < 1.29 is 17.9 Å². The maximum absolute atomic E-state index is 12.7. The van der Waals surface area contributed by atoms with Crippen LogP contribution >= 0.6 is 0 Å². The zero-order chi connectivity index (χ0) is 20.9. The molecule has 0 fully saturated rings. The maximum Gasteiger partial charge on any atom is 0.135 e. The van der Waals surface area contributed by atoms with E-state index in [0.29, 0.717) is 34.5 Å². The molecule has 0 unspecified atom stereocenters. The molecule has 0 amide bonds. The van der Waals surface area contributed by atoms with E-state index in [1.165, 1.54) is 0 Å². The normalized spacial score (nSPS) is 14.4. The third-order valence-electron chi connectivity index (χ3n) is 3.81. The van der Waals surface area contributed by atoms with E-state index >= 15 is 0 Å². The second kappa shape index (κ2) is 9.23. The minimum Gasteiger partial charge on any atom is -0.489 e. The van der Waals surface area contributed by atoms with Crippen LogP contribution in [-0.4, -0.2) is 31.1 Å². The Morgan fingerprint density at radius 2 is 0.964 bits per heavy atom. The summed E-state index contributed by atoms with van der Waals surface area (Å²) in [6, 6.07) is 14.8. The summed E-state index contributed by atoms with van der Waals surface area (Å²) in [7, 11) is -2.36. The Hall–Kier alpha value is -1.66. The number of hydrogen-bond acceptors (Lipinski definition) is 4. The number of rotatable bonds is 7. The predicted molar refractivity (Wildman–Crippen MR) is 116 cm³/mol. The Morgan fingerprint density at radius 1 is 0.643 bits per heavy atom. The van der Waals surface area contributed by atoms with Crippen molar-refractivity contribution >= 4 is 21.6 Å². The Morgan fingerprint density at radius 3 is 1.29 bits per heavy atom. The molecule has 2 aromatic carbocycles. The van der Waals surface area contributed by atoms with Gasteiger partial charge in [-0.15, -0.1) is 0 Å². The highest BCUT2D eigenvalue weighted by atomic mass is 32.2. The maximum atomic E-state index is 12.7. The third-order valence-corrected chi connectivity index (χ3v) is 7.51. The van der Waals surface area contributed by atoms with Crippen molar-refractivity contribution in [2.75, 3.05) is 13.2 Å². The van der Waals surface area contributed by atoms with Crippen LogP contribution in [0.25, 0.3) is 0 Å². The van der Waals surface area contributed by atoms with E-state index < -0.39 is 21.6 Å². The van der Waals surface area contributed by atoms with Gasteiger partial charge in [-0.05, 0) is 65.8 Å². The summed E-state index contributed by atoms with van der Waals surface area (Å²) in [5.74, 6) is 1.21. The van der Waals surface area contributed by atoms with E-state index in [1.54, 1.807) is 0 Å². The van der Waals surface area contributed by atoms with Crippen molar-refractivity contribution in [3.63, 3.8) is 0 Å². The molecule has 6 heteroatoms. The topological polar surface area (TPSA) is 52.6 Å². The van der Waals surface area contributed by atoms with Crippen molar-refractivity contribution in [2.24, 2.45) is 0 Å². The molecule has 0 radical (unpaired) electrons. The molecular weight excluding hydrogens is 392 g/mol. The largest absolute Gasteiger partial charge is 0.489 e. The number of benzene rings is 2. The zero-order valence-electron chi connectivity index (χ0n) is 17.5. The molecule has 0 aliphatic heterocycles. The average molecular weight is 423 g/mol. The van der Waals surface area contributed by atoms with Gasteiger partial charge >= 0.3 is 0 Å². The molecule has 0 saturated carbocycles. The first-order chi connectivity index (χ1) is 13.0. The fraction of sp³-hybridized carbons (Fsp3) is 0.455. The van der Waals surface area contributed by atoms with Crippen LogP contribution in [0.4, 0.5) is 0 Å². The average Bonchev–Trinajstić information content (AvgIpc) is 2.63. The van der Waals surface area contributed by atoms with Crippen molar-refractivity contribution in [3.8, 4) is 11.5 Å². The first kappa shape index (κ1) is 22.6. The molecule has 2 rings (SSSR count). The second-order valence-electron chi connectivity index (χ2n) is 8.35. The Kier molecular flexibility index (Phi) is 7.46. The lowest BCUT2D eigenvalue weighted by Gasteiger charge is -2.21. The van der Waals surface area contributed by atoms with Crippen molar-refractivity contribution in [1.82, 2.24) is 0 Å². The lowest BCUT2D eigenvalue weighted by atomic mass is 10.3. The van der Waals surface area contributed by atoms with Crippen molar-refractivity contribution in [1.29, 1.82) is 0 Å². The van der Waals surface area contributed by atoms with Gasteiger partial charge in [-0.3, -0.25) is 8.42 Å². The van der Waals surface area contributed by atoms with Gasteiger partial charge in [0.25, 0.3) is 0 Å². The molecule has 0 aliphatic rings. The summed E-state index contributed by atoms with van der Waals surface area (Å²) in [6.45, 7) is 12.2. The van der Waals surface area contributed by atoms with Crippen LogP contribution in [0.1, 0.15) is 41.5 Å². The van der Waals surface area contributed by atoms with Crippen LogP contribution < -0.4 is 9.47 Å². The Labute approximate surface area is 173 Å². The molecule has 4 nitrogen and oxygen atoms in total. The molecule has 0 spiro atoms. The SMILES string of the molecule is CC(C)(C)[S@@](=O)c1ccccc1OCCOc1ccccc1[S@](=O)C(C)(C)C. The molecule has 154 valence electrons. The summed E-state index contributed by atoms with van der Waals surface area (Å²) in [4.78, 5) is 1.37. The van der Waals surface area contributed by atoms with Crippen molar-refractivity contribution in [3.05, 3.63) is 48.5 Å². The van der Waals surface area contributed by atoms with Gasteiger partial charge < -0.3 is 9.47 Å². The van der Waals surface area contributed by atoms with Crippen LogP contribution in [0.15, 0.2) is 58.3 Å². The van der Waals surface area contributed by atoms with Crippen LogP contribution in [0.2, 0.25) is 0 Å². The molecular formula is C22H30O4S2. The standard InChI is InChI=1S/C22H30O4S2/c1-21(2,3)27(23)19-13-9-7-11-17(19)25-15-16-26-18-12-8-10-14-20(18)28(24)22(4,5)6/h7-14H,15-16H2,1-6H3/t27-,28-/m0/s1. The summed E-state index contributed by atoms with van der Waals surface area (Å²) in [5, 5.41) is 0. The van der Waals surface area contributed by atoms with E-state index in [0.717, 1.165) is 0 Å². The monoisotopic (exact) mass is 422 g/mol. The lowest BCUT2D eigenvalue weighted by molar-refractivity contribution is 0.210. The molecule has 0 aromatic heterocycles. The van der Waals surface area contributed by atoms with E-state index in [4.69, 9.17) is 9.47 Å². The minimum absolute atomic E-state index is 0.300. The van der Waals surface area contributed by atoms with Crippen LogP contribution in [-0.2, 0) is 21.6 Å². The van der Waals surface area contributed by atoms with Gasteiger partial charge in [-0.2, -0.15) is 0 Å². The number of ether oxygens (including phenoxy) is 2. The van der Waals surface area contributed by atoms with Gasteiger partial charge in [-0.25, -0.2) is 0 Å². The van der Waals surface area contributed by atoms with Crippen LogP contribution in [0, 0.1) is 0 Å². The van der Waals surface area contributed by atoms with E-state index in [2.05, 4.69) is 0 Å². The summed E-state index contributed by atoms with van der Waals surface area (Å²) in [5.41, 5.74) is 0. The Balaban J connectivity index is 2.04. The number of hydrogen-bond donors (Lipinski definition) is 0. The third kappa shape index (κ3) is 5.92. The van der Waals surface area contributed by atoms with Gasteiger partial charge in [0.2, 0.25) is 0 Å². The first-order valence-electron chi connectivity index (χ1n) is 9.29. The van der Waals surface area contributed by atoms with Gasteiger partial charge in [0, 0.05) is 9.49 Å². The Bertz CT molecular complexity index is 777. The molecule has 28 heavy (non-hydrogen) atoms. The molecule has 2 aromatic rings. The van der Waals surface area contributed by atoms with Gasteiger partial charge in [-0.1, -0.05) is 24.3 Å². The van der Waals surface area contributed by atoms with Crippen molar-refractivity contribution in [2.45, 2.75) is 60.8 Å². The fourth-order valence-electron chi connectivity index (χ4n) is 2.41. The van der Waals surface area contributed by atoms with E-state index in [-0.39, 0.29) is 9.49 Å². The first-order valence-corrected chi connectivity index (χ1v) is 11.6. The van der Waals surface area contributed by atoms with Gasteiger partial charge in [0.1, 0.15) is 24.7 Å². The highest BCUT2D eigenvalue weighted by Crippen LogP contribution is 2.30. The van der Waals surface area contributed by atoms with E-state index in [9.17, 15) is 8.42 Å². The lowest BCUT2D eigenvalue weighted by Crippen LogP contribution is -2.23. The smallest absolute Gasteiger partial charge is 0.135 e. The predicted octanol–water partition coefficient (Wildman–Crippen LogP) is 4.96. The van der Waals surface area contributed by atoms with Crippen LogP contribution in [0.3, 0.4) is 0 Å². The van der Waals surface area contributed by atoms with Gasteiger partial charge in [0.05, 0.1) is 31.4 Å². The number of para-hydroxylation sites is 2. The quantitative estimate of drug-likeness (QED) is 0.592.